The smallest absolute Gasteiger partial charge is 0.263 e. The second-order valence-corrected chi connectivity index (χ2v) is 7.73. The van der Waals surface area contributed by atoms with Crippen LogP contribution in [0.3, 0.4) is 0 Å². The molecule has 1 heterocycles. The van der Waals surface area contributed by atoms with Crippen molar-refractivity contribution in [1.29, 1.82) is 0 Å². The van der Waals surface area contributed by atoms with Crippen LogP contribution in [0, 0.1) is 0 Å². The Hall–Kier alpha value is -0.720. The number of nitrogens with one attached hydrogen (secondary N) is 1. The second-order valence-electron chi connectivity index (χ2n) is 4.55. The third-order valence-electron chi connectivity index (χ3n) is 3.15. The number of hydrogen-bond acceptors (Lipinski definition) is 4. The highest BCUT2D eigenvalue weighted by Crippen LogP contribution is 2.38. The molecule has 108 valence electrons. The Labute approximate surface area is 135 Å². The normalized spacial score (nSPS) is 12.6. The van der Waals surface area contributed by atoms with E-state index in [0.717, 1.165) is 21.0 Å². The van der Waals surface area contributed by atoms with Crippen molar-refractivity contribution in [2.75, 3.05) is 18.5 Å². The second kappa shape index (κ2) is 6.83. The van der Waals surface area contributed by atoms with E-state index in [2.05, 4.69) is 34.4 Å². The molecule has 3 N–H and O–H groups in total. The summed E-state index contributed by atoms with van der Waals surface area (Å²) in [5.74, 6) is -0.0797. The maximum Gasteiger partial charge on any atom is 0.263 e. The quantitative estimate of drug-likeness (QED) is 0.829. The van der Waals surface area contributed by atoms with Crippen LogP contribution >= 0.6 is 39.0 Å². The first-order chi connectivity index (χ1) is 9.54. The van der Waals surface area contributed by atoms with E-state index >= 15 is 0 Å². The monoisotopic (exact) mass is 372 g/mol. The van der Waals surface area contributed by atoms with E-state index in [0.29, 0.717) is 22.4 Å². The maximum absolute atomic E-state index is 12.2. The Morgan fingerprint density at radius 2 is 2.30 bits per heavy atom. The van der Waals surface area contributed by atoms with Crippen LogP contribution in [-0.2, 0) is 0 Å². The van der Waals surface area contributed by atoms with Gasteiger partial charge >= 0.3 is 0 Å². The van der Waals surface area contributed by atoms with Crippen molar-refractivity contribution < 1.29 is 4.79 Å². The molecule has 20 heavy (non-hydrogen) atoms. The van der Waals surface area contributed by atoms with Crippen molar-refractivity contribution in [3.8, 4) is 0 Å². The number of anilines is 1. The minimum absolute atomic E-state index is 0.0797. The number of fused-ring (bicyclic) bond motifs is 1. The van der Waals surface area contributed by atoms with E-state index in [1.165, 1.54) is 11.3 Å². The van der Waals surface area contributed by atoms with Gasteiger partial charge in [0.1, 0.15) is 4.88 Å². The van der Waals surface area contributed by atoms with Crippen LogP contribution in [0.15, 0.2) is 22.7 Å². The molecule has 0 aliphatic rings. The van der Waals surface area contributed by atoms with Crippen molar-refractivity contribution in [1.82, 2.24) is 5.32 Å². The lowest BCUT2D eigenvalue weighted by Gasteiger charge is -2.08. The van der Waals surface area contributed by atoms with Gasteiger partial charge in [0, 0.05) is 26.4 Å². The van der Waals surface area contributed by atoms with Crippen molar-refractivity contribution in [2.24, 2.45) is 0 Å². The zero-order valence-electron chi connectivity index (χ0n) is 11.4. The number of benzene rings is 1. The highest BCUT2D eigenvalue weighted by Gasteiger charge is 2.17. The molecule has 0 bridgehead atoms. The number of carbonyl (C=O) groups is 1. The molecule has 0 saturated heterocycles. The summed E-state index contributed by atoms with van der Waals surface area (Å²) in [6, 6.07) is 5.87. The van der Waals surface area contributed by atoms with Crippen LogP contribution in [0.4, 0.5) is 5.69 Å². The average molecular weight is 373 g/mol. The van der Waals surface area contributed by atoms with Gasteiger partial charge in [-0.25, -0.2) is 0 Å². The van der Waals surface area contributed by atoms with Gasteiger partial charge in [0.15, 0.2) is 0 Å². The zero-order chi connectivity index (χ0) is 14.7. The Bertz CT molecular complexity index is 627. The van der Waals surface area contributed by atoms with Crippen LogP contribution in [0.25, 0.3) is 10.1 Å². The number of nitrogens with two attached hydrogens (primary N) is 1. The molecule has 0 aliphatic carbocycles. The predicted octanol–water partition coefficient (Wildman–Crippen LogP) is 4.12. The first-order valence-corrected chi connectivity index (χ1v) is 9.21. The first kappa shape index (κ1) is 15.7. The SMILES string of the molecule is CSC(C)CCNC(=O)c1sc2cccc(Br)c2c1N. The molecule has 0 saturated carbocycles. The van der Waals surface area contributed by atoms with Gasteiger partial charge in [-0.2, -0.15) is 11.8 Å². The molecular weight excluding hydrogens is 356 g/mol. The van der Waals surface area contributed by atoms with Crippen LogP contribution in [0.1, 0.15) is 23.0 Å². The summed E-state index contributed by atoms with van der Waals surface area (Å²) in [6.45, 7) is 2.83. The van der Waals surface area contributed by atoms with Crippen molar-refractivity contribution in [3.63, 3.8) is 0 Å². The van der Waals surface area contributed by atoms with E-state index in [9.17, 15) is 4.79 Å². The molecule has 1 aromatic carbocycles. The standard InChI is InChI=1S/C14H17BrN2OS2/c1-8(19-2)6-7-17-14(18)13-12(16)11-9(15)4-3-5-10(11)20-13/h3-5,8H,6-7,16H2,1-2H3,(H,17,18). The summed E-state index contributed by atoms with van der Waals surface area (Å²) < 4.78 is 1.96. The minimum Gasteiger partial charge on any atom is -0.397 e. The molecule has 1 aromatic heterocycles. The highest BCUT2D eigenvalue weighted by atomic mass is 79.9. The van der Waals surface area contributed by atoms with Gasteiger partial charge in [-0.15, -0.1) is 11.3 Å². The topological polar surface area (TPSA) is 55.1 Å². The molecule has 1 atom stereocenters. The molecule has 1 unspecified atom stereocenters. The summed E-state index contributed by atoms with van der Waals surface area (Å²) in [5, 5.41) is 4.42. The number of halogens is 1. The Morgan fingerprint density at radius 1 is 1.55 bits per heavy atom. The summed E-state index contributed by atoms with van der Waals surface area (Å²) in [5.41, 5.74) is 6.68. The summed E-state index contributed by atoms with van der Waals surface area (Å²) in [6.07, 6.45) is 3.04. The Balaban J connectivity index is 2.15. The number of rotatable bonds is 5. The van der Waals surface area contributed by atoms with Gasteiger partial charge in [0.25, 0.3) is 5.91 Å². The minimum atomic E-state index is -0.0797. The fourth-order valence-corrected chi connectivity index (χ4v) is 4.01. The number of nitrogen functional groups attached to an aromatic ring is 1. The molecule has 2 rings (SSSR count). The fourth-order valence-electron chi connectivity index (χ4n) is 1.89. The van der Waals surface area contributed by atoms with E-state index in [4.69, 9.17) is 5.73 Å². The number of thiophene rings is 1. The van der Waals surface area contributed by atoms with E-state index in [-0.39, 0.29) is 5.91 Å². The summed E-state index contributed by atoms with van der Waals surface area (Å²) in [4.78, 5) is 12.8. The molecule has 2 aromatic rings. The predicted molar refractivity (Wildman–Crippen MR) is 93.9 cm³/mol. The van der Waals surface area contributed by atoms with Gasteiger partial charge < -0.3 is 11.1 Å². The van der Waals surface area contributed by atoms with E-state index in [1.807, 2.05) is 18.2 Å². The van der Waals surface area contributed by atoms with Crippen LogP contribution in [-0.4, -0.2) is 24.0 Å². The number of hydrogen-bond donors (Lipinski definition) is 2. The number of amides is 1. The number of carbonyl (C=O) groups excluding carboxylic acids is 1. The molecule has 0 aliphatic heterocycles. The molecule has 0 spiro atoms. The van der Waals surface area contributed by atoms with Gasteiger partial charge in [0.05, 0.1) is 5.69 Å². The van der Waals surface area contributed by atoms with Gasteiger partial charge in [0.2, 0.25) is 0 Å². The fraction of sp³-hybridized carbons (Fsp3) is 0.357. The van der Waals surface area contributed by atoms with Gasteiger partial charge in [-0.05, 0) is 24.8 Å². The lowest BCUT2D eigenvalue weighted by atomic mass is 10.2. The third-order valence-corrected chi connectivity index (χ3v) is 6.02. The lowest BCUT2D eigenvalue weighted by Crippen LogP contribution is -2.25. The zero-order valence-corrected chi connectivity index (χ0v) is 14.6. The van der Waals surface area contributed by atoms with Gasteiger partial charge in [-0.1, -0.05) is 28.9 Å². The molecule has 1 amide bonds. The van der Waals surface area contributed by atoms with Crippen LogP contribution in [0.5, 0.6) is 0 Å². The maximum atomic E-state index is 12.2. The third kappa shape index (κ3) is 3.30. The summed E-state index contributed by atoms with van der Waals surface area (Å²) in [7, 11) is 0. The Morgan fingerprint density at radius 3 is 2.95 bits per heavy atom. The van der Waals surface area contributed by atoms with Crippen LogP contribution < -0.4 is 11.1 Å². The lowest BCUT2D eigenvalue weighted by molar-refractivity contribution is 0.0958. The average Bonchev–Trinajstić information content (AvgIpc) is 2.77. The van der Waals surface area contributed by atoms with E-state index < -0.39 is 0 Å². The molecule has 0 fully saturated rings. The molecule has 3 nitrogen and oxygen atoms in total. The van der Waals surface area contributed by atoms with Crippen molar-refractivity contribution >= 4 is 60.7 Å². The van der Waals surface area contributed by atoms with Crippen molar-refractivity contribution in [3.05, 3.63) is 27.5 Å². The van der Waals surface area contributed by atoms with Gasteiger partial charge in [-0.3, -0.25) is 4.79 Å². The number of thioether (sulfide) groups is 1. The molecule has 0 radical (unpaired) electrons. The Kier molecular flexibility index (Phi) is 5.35. The highest BCUT2D eigenvalue weighted by molar-refractivity contribution is 9.10. The molecular formula is C14H17BrN2OS2. The summed E-state index contributed by atoms with van der Waals surface area (Å²) >= 11 is 6.72. The largest absolute Gasteiger partial charge is 0.397 e. The van der Waals surface area contributed by atoms with E-state index in [1.54, 1.807) is 11.8 Å². The van der Waals surface area contributed by atoms with Crippen LogP contribution in [0.2, 0.25) is 0 Å². The first-order valence-electron chi connectivity index (χ1n) is 6.32. The van der Waals surface area contributed by atoms with Crippen molar-refractivity contribution in [2.45, 2.75) is 18.6 Å². The molecule has 6 heteroatoms.